The van der Waals surface area contributed by atoms with Crippen LogP contribution in [0, 0.1) is 11.8 Å². The summed E-state index contributed by atoms with van der Waals surface area (Å²) in [6.07, 6.45) is 6.52. The Morgan fingerprint density at radius 3 is 2.56 bits per heavy atom. The molecular weight excluding hydrogens is 200 g/mol. The predicted molar refractivity (Wildman–Crippen MR) is 66.4 cm³/mol. The Balaban J connectivity index is 1.73. The van der Waals surface area contributed by atoms with Crippen LogP contribution in [0.4, 0.5) is 0 Å². The van der Waals surface area contributed by atoms with Crippen LogP contribution in [0.25, 0.3) is 0 Å². The van der Waals surface area contributed by atoms with E-state index in [1.165, 1.54) is 51.7 Å². The lowest BCUT2D eigenvalue weighted by Crippen LogP contribution is -2.41. The van der Waals surface area contributed by atoms with E-state index in [9.17, 15) is 0 Å². The first-order chi connectivity index (χ1) is 7.83. The minimum atomic E-state index is 0.385. The smallest absolute Gasteiger partial charge is 0.0460 e. The summed E-state index contributed by atoms with van der Waals surface area (Å²) in [5.74, 6) is 1.43. The molecule has 1 saturated carbocycles. The Morgan fingerprint density at radius 2 is 1.94 bits per heavy atom. The zero-order chi connectivity index (χ0) is 11.4. The maximum atomic E-state index is 9.11. The third-order valence-corrected chi connectivity index (χ3v) is 4.49. The lowest BCUT2D eigenvalue weighted by Gasteiger charge is -2.34. The van der Waals surface area contributed by atoms with Gasteiger partial charge >= 0.3 is 0 Å². The quantitative estimate of drug-likeness (QED) is 0.753. The van der Waals surface area contributed by atoms with E-state index in [0.717, 1.165) is 12.0 Å². The van der Waals surface area contributed by atoms with Crippen molar-refractivity contribution in [1.29, 1.82) is 0 Å². The van der Waals surface area contributed by atoms with E-state index >= 15 is 0 Å². The molecular formula is C13H26N2O. The predicted octanol–water partition coefficient (Wildman–Crippen LogP) is 1.08. The van der Waals surface area contributed by atoms with Crippen LogP contribution in [0.5, 0.6) is 0 Å². The van der Waals surface area contributed by atoms with Crippen LogP contribution in [0.2, 0.25) is 0 Å². The number of nitrogens with zero attached hydrogens (tertiary/aromatic N) is 1. The first-order valence-corrected chi connectivity index (χ1v) is 6.84. The van der Waals surface area contributed by atoms with Gasteiger partial charge in [0.25, 0.3) is 0 Å². The van der Waals surface area contributed by atoms with Gasteiger partial charge in [-0.25, -0.2) is 0 Å². The Bertz CT molecular complexity index is 202. The van der Waals surface area contributed by atoms with Gasteiger partial charge in [0.05, 0.1) is 0 Å². The van der Waals surface area contributed by atoms with E-state index in [1.54, 1.807) is 0 Å². The molecule has 0 aromatic carbocycles. The lowest BCUT2D eigenvalue weighted by atomic mass is 9.95. The minimum Gasteiger partial charge on any atom is -0.396 e. The Hall–Kier alpha value is -0.120. The highest BCUT2D eigenvalue weighted by molar-refractivity contribution is 4.85. The fraction of sp³-hybridized carbons (Fsp3) is 1.00. The van der Waals surface area contributed by atoms with Crippen molar-refractivity contribution >= 4 is 0 Å². The normalized spacial score (nSPS) is 33.4. The van der Waals surface area contributed by atoms with Gasteiger partial charge in [0.2, 0.25) is 0 Å². The molecule has 0 bridgehead atoms. The number of likely N-dealkylation sites (tertiary alicyclic amines) is 1. The Labute approximate surface area is 99.2 Å². The summed E-state index contributed by atoms with van der Waals surface area (Å²) in [5, 5.41) is 12.6. The largest absolute Gasteiger partial charge is 0.396 e. The molecule has 1 aliphatic heterocycles. The van der Waals surface area contributed by atoms with Crippen molar-refractivity contribution in [3.8, 4) is 0 Å². The van der Waals surface area contributed by atoms with Gasteiger partial charge in [0, 0.05) is 19.2 Å². The Kier molecular flexibility index (Phi) is 4.62. The van der Waals surface area contributed by atoms with Gasteiger partial charge in [-0.15, -0.1) is 0 Å². The van der Waals surface area contributed by atoms with Gasteiger partial charge in [-0.05, 0) is 57.7 Å². The molecule has 2 aliphatic rings. The summed E-state index contributed by atoms with van der Waals surface area (Å²) in [7, 11) is 2.10. The van der Waals surface area contributed by atoms with E-state index in [4.69, 9.17) is 5.11 Å². The van der Waals surface area contributed by atoms with Crippen LogP contribution in [0.15, 0.2) is 0 Å². The fourth-order valence-electron chi connectivity index (χ4n) is 3.32. The molecule has 3 heteroatoms. The molecule has 2 unspecified atom stereocenters. The monoisotopic (exact) mass is 226 g/mol. The number of aliphatic hydroxyl groups is 1. The minimum absolute atomic E-state index is 0.385. The van der Waals surface area contributed by atoms with E-state index in [1.807, 2.05) is 0 Å². The molecule has 1 saturated heterocycles. The number of piperidine rings is 1. The third kappa shape index (κ3) is 2.96. The van der Waals surface area contributed by atoms with Gasteiger partial charge in [0.1, 0.15) is 0 Å². The molecule has 0 amide bonds. The Morgan fingerprint density at radius 1 is 1.19 bits per heavy atom. The number of nitrogens with one attached hydrogen (secondary N) is 1. The molecule has 0 spiro atoms. The van der Waals surface area contributed by atoms with E-state index < -0.39 is 0 Å². The van der Waals surface area contributed by atoms with Crippen LogP contribution >= 0.6 is 0 Å². The highest BCUT2D eigenvalue weighted by Crippen LogP contribution is 2.27. The second-order valence-corrected chi connectivity index (χ2v) is 5.51. The second-order valence-electron chi connectivity index (χ2n) is 5.51. The van der Waals surface area contributed by atoms with E-state index in [2.05, 4.69) is 17.3 Å². The second kappa shape index (κ2) is 5.99. The average Bonchev–Trinajstić information content (AvgIpc) is 2.77. The molecule has 0 aromatic rings. The standard InChI is InChI=1S/C13H26N2O/c1-14-13-4-2-3-12(13)9-15-7-5-11(10-16)6-8-15/h11-14,16H,2-10H2,1H3. The summed E-state index contributed by atoms with van der Waals surface area (Å²) in [5.41, 5.74) is 0. The topological polar surface area (TPSA) is 35.5 Å². The first kappa shape index (κ1) is 12.3. The molecule has 94 valence electrons. The average molecular weight is 226 g/mol. The van der Waals surface area contributed by atoms with Crippen molar-refractivity contribution in [3.63, 3.8) is 0 Å². The molecule has 2 N–H and O–H groups in total. The maximum absolute atomic E-state index is 9.11. The van der Waals surface area contributed by atoms with Crippen molar-refractivity contribution < 1.29 is 5.11 Å². The molecule has 0 aromatic heterocycles. The van der Waals surface area contributed by atoms with Crippen LogP contribution in [0.1, 0.15) is 32.1 Å². The molecule has 16 heavy (non-hydrogen) atoms. The number of hydrogen-bond donors (Lipinski definition) is 2. The van der Waals surface area contributed by atoms with Crippen molar-refractivity contribution in [3.05, 3.63) is 0 Å². The molecule has 0 radical (unpaired) electrons. The zero-order valence-electron chi connectivity index (χ0n) is 10.5. The number of hydrogen-bond acceptors (Lipinski definition) is 3. The van der Waals surface area contributed by atoms with Crippen molar-refractivity contribution in [1.82, 2.24) is 10.2 Å². The van der Waals surface area contributed by atoms with Crippen molar-refractivity contribution in [2.75, 3.05) is 33.3 Å². The highest BCUT2D eigenvalue weighted by atomic mass is 16.3. The SMILES string of the molecule is CNC1CCCC1CN1CCC(CO)CC1. The van der Waals surface area contributed by atoms with Crippen molar-refractivity contribution in [2.24, 2.45) is 11.8 Å². The molecule has 2 fully saturated rings. The summed E-state index contributed by atoms with van der Waals surface area (Å²) < 4.78 is 0. The van der Waals surface area contributed by atoms with Crippen molar-refractivity contribution in [2.45, 2.75) is 38.1 Å². The van der Waals surface area contributed by atoms with Gasteiger partial charge in [-0.1, -0.05) is 6.42 Å². The summed E-state index contributed by atoms with van der Waals surface area (Å²) >= 11 is 0. The summed E-state index contributed by atoms with van der Waals surface area (Å²) in [6.45, 7) is 4.04. The number of rotatable bonds is 4. The summed E-state index contributed by atoms with van der Waals surface area (Å²) in [4.78, 5) is 2.60. The highest BCUT2D eigenvalue weighted by Gasteiger charge is 2.28. The van der Waals surface area contributed by atoms with Gasteiger partial charge < -0.3 is 15.3 Å². The third-order valence-electron chi connectivity index (χ3n) is 4.49. The lowest BCUT2D eigenvalue weighted by molar-refractivity contribution is 0.116. The van der Waals surface area contributed by atoms with Crippen LogP contribution in [-0.4, -0.2) is 49.3 Å². The maximum Gasteiger partial charge on any atom is 0.0460 e. The van der Waals surface area contributed by atoms with Gasteiger partial charge in [-0.3, -0.25) is 0 Å². The molecule has 2 rings (SSSR count). The molecule has 2 atom stereocenters. The fourth-order valence-corrected chi connectivity index (χ4v) is 3.32. The van der Waals surface area contributed by atoms with Gasteiger partial charge in [-0.2, -0.15) is 0 Å². The summed E-state index contributed by atoms with van der Waals surface area (Å²) in [6, 6.07) is 0.746. The van der Waals surface area contributed by atoms with Crippen LogP contribution in [0.3, 0.4) is 0 Å². The van der Waals surface area contributed by atoms with Crippen LogP contribution in [-0.2, 0) is 0 Å². The van der Waals surface area contributed by atoms with Crippen LogP contribution < -0.4 is 5.32 Å². The van der Waals surface area contributed by atoms with E-state index in [-0.39, 0.29) is 0 Å². The van der Waals surface area contributed by atoms with E-state index in [0.29, 0.717) is 12.5 Å². The number of aliphatic hydroxyl groups excluding tert-OH is 1. The molecule has 3 nitrogen and oxygen atoms in total. The van der Waals surface area contributed by atoms with Gasteiger partial charge in [0.15, 0.2) is 0 Å². The zero-order valence-corrected chi connectivity index (χ0v) is 10.5. The molecule has 1 heterocycles. The molecule has 1 aliphatic carbocycles. The first-order valence-electron chi connectivity index (χ1n) is 6.84.